The van der Waals surface area contributed by atoms with Gasteiger partial charge in [-0.3, -0.25) is 4.90 Å². The molecule has 1 atom stereocenters. The summed E-state index contributed by atoms with van der Waals surface area (Å²) in [5.74, 6) is -0.414. The van der Waals surface area contributed by atoms with Crippen LogP contribution in [0.4, 0.5) is 20.6 Å². The number of benzene rings is 1. The highest BCUT2D eigenvalue weighted by Crippen LogP contribution is 2.28. The Balaban J connectivity index is 0.000000687. The summed E-state index contributed by atoms with van der Waals surface area (Å²) in [5, 5.41) is 5.29. The highest BCUT2D eigenvalue weighted by Gasteiger charge is 2.32. The van der Waals surface area contributed by atoms with Gasteiger partial charge in [0.25, 0.3) is 0 Å². The van der Waals surface area contributed by atoms with Crippen molar-refractivity contribution in [2.75, 3.05) is 41.9 Å². The number of anilines is 2. The molecule has 0 saturated carbocycles. The topological polar surface area (TPSA) is 66.4 Å². The Morgan fingerprint density at radius 1 is 1.59 bits per heavy atom. The average Bonchev–Trinajstić information content (AvgIpc) is 3.13. The van der Waals surface area contributed by atoms with Gasteiger partial charge in [-0.1, -0.05) is 22.0 Å². The van der Waals surface area contributed by atoms with Crippen molar-refractivity contribution in [3.63, 3.8) is 0 Å². The van der Waals surface area contributed by atoms with Gasteiger partial charge in [-0.05, 0) is 36.8 Å². The third-order valence-electron chi connectivity index (χ3n) is 4.19. The average molecular weight is 487 g/mol. The van der Waals surface area contributed by atoms with E-state index in [1.807, 2.05) is 0 Å². The Morgan fingerprint density at radius 2 is 2.34 bits per heavy atom. The number of ether oxygens (including phenoxy) is 2. The highest BCUT2D eigenvalue weighted by atomic mass is 79.9. The van der Waals surface area contributed by atoms with E-state index < -0.39 is 11.9 Å². The predicted octanol–water partition coefficient (Wildman–Crippen LogP) is 3.83. The van der Waals surface area contributed by atoms with E-state index in [9.17, 15) is 9.18 Å². The van der Waals surface area contributed by atoms with Crippen molar-refractivity contribution in [2.45, 2.75) is 18.9 Å². The number of allylic oxidation sites excluding steroid dienone is 1. The lowest BCUT2D eigenvalue weighted by atomic mass is 10.2. The van der Waals surface area contributed by atoms with Gasteiger partial charge >= 0.3 is 6.09 Å². The summed E-state index contributed by atoms with van der Waals surface area (Å²) < 4.78 is 24.7. The van der Waals surface area contributed by atoms with Crippen molar-refractivity contribution in [3.8, 4) is 0 Å². The molecule has 0 aromatic heterocycles. The number of methoxy groups -OCH3 is 1. The number of nitrogens with zero attached hydrogens (tertiary/aromatic N) is 3. The van der Waals surface area contributed by atoms with Crippen LogP contribution in [0.15, 0.2) is 36.0 Å². The standard InChI is InChI=1S/C16H19FN4O3S.C3H5Br/c1-23-15(25)5-3-12-9-21(16(22)24-12)11-2-4-14(13(17)8-11)20-7-6-18-19-10-20;1-2-3-4/h2,4,8,10,12,18H,3,5-7,9H2,1H3;2H,1,3H2/t12-;/m0./s1. The maximum atomic E-state index is 14.5. The van der Waals surface area contributed by atoms with Crippen LogP contribution in [0, 0.1) is 5.82 Å². The third kappa shape index (κ3) is 6.67. The van der Waals surface area contributed by atoms with E-state index in [-0.39, 0.29) is 6.10 Å². The zero-order valence-electron chi connectivity index (χ0n) is 16.1. The van der Waals surface area contributed by atoms with Crippen LogP contribution in [-0.2, 0) is 9.47 Å². The Kier molecular flexibility index (Phi) is 9.33. The summed E-state index contributed by atoms with van der Waals surface area (Å²) in [5.41, 5.74) is 3.70. The molecule has 0 radical (unpaired) electrons. The number of nitrogens with one attached hydrogen (secondary N) is 1. The molecule has 1 amide bonds. The molecule has 0 aliphatic carbocycles. The lowest BCUT2D eigenvalue weighted by Gasteiger charge is -2.24. The quantitative estimate of drug-likeness (QED) is 0.374. The monoisotopic (exact) mass is 486 g/mol. The number of cyclic esters (lactones) is 1. The van der Waals surface area contributed by atoms with Gasteiger partial charge in [0.2, 0.25) is 0 Å². The highest BCUT2D eigenvalue weighted by molar-refractivity contribution is 9.09. The van der Waals surface area contributed by atoms with Crippen molar-refractivity contribution in [1.29, 1.82) is 0 Å². The molecular weight excluding hydrogens is 463 g/mol. The minimum absolute atomic E-state index is 0.288. The fourth-order valence-electron chi connectivity index (χ4n) is 2.75. The zero-order valence-corrected chi connectivity index (χ0v) is 18.5. The first-order valence-electron chi connectivity index (χ1n) is 9.04. The molecule has 1 N–H and O–H groups in total. The Morgan fingerprint density at radius 3 is 2.93 bits per heavy atom. The van der Waals surface area contributed by atoms with Crippen molar-refractivity contribution in [1.82, 2.24) is 5.43 Å². The number of carbonyl (C=O) groups excluding carboxylic acids is 1. The van der Waals surface area contributed by atoms with Gasteiger partial charge in [0.1, 0.15) is 18.3 Å². The summed E-state index contributed by atoms with van der Waals surface area (Å²) in [6.45, 7) is 5.05. The normalized spacial score (nSPS) is 17.8. The number of amides is 1. The minimum Gasteiger partial charge on any atom is -0.490 e. The molecule has 2 aliphatic rings. The summed E-state index contributed by atoms with van der Waals surface area (Å²) in [6.07, 6.45) is 3.67. The first kappa shape index (κ1) is 23.1. The number of hydrogen-bond acceptors (Lipinski definition) is 7. The van der Waals surface area contributed by atoms with Crippen molar-refractivity contribution < 1.29 is 18.7 Å². The molecule has 7 nitrogen and oxygen atoms in total. The van der Waals surface area contributed by atoms with Crippen LogP contribution in [0.5, 0.6) is 0 Å². The zero-order chi connectivity index (χ0) is 21.2. The van der Waals surface area contributed by atoms with E-state index in [2.05, 4.69) is 33.0 Å². The van der Waals surface area contributed by atoms with Crippen LogP contribution in [-0.4, -0.2) is 55.7 Å². The summed E-state index contributed by atoms with van der Waals surface area (Å²) in [4.78, 5) is 15.2. The molecule has 0 spiro atoms. The maximum Gasteiger partial charge on any atom is 0.414 e. The number of carbonyl (C=O) groups is 1. The van der Waals surface area contributed by atoms with Gasteiger partial charge in [-0.25, -0.2) is 9.18 Å². The molecule has 1 aromatic carbocycles. The van der Waals surface area contributed by atoms with E-state index in [0.717, 1.165) is 5.33 Å². The third-order valence-corrected chi connectivity index (χ3v) is 5.02. The van der Waals surface area contributed by atoms with Crippen LogP contribution in [0.3, 0.4) is 0 Å². The van der Waals surface area contributed by atoms with Crippen molar-refractivity contribution in [2.24, 2.45) is 5.10 Å². The number of halogens is 2. The van der Waals surface area contributed by atoms with Gasteiger partial charge in [0.15, 0.2) is 5.05 Å². The van der Waals surface area contributed by atoms with E-state index in [4.69, 9.17) is 21.7 Å². The predicted molar refractivity (Wildman–Crippen MR) is 121 cm³/mol. The summed E-state index contributed by atoms with van der Waals surface area (Å²) in [7, 11) is 1.52. The second kappa shape index (κ2) is 11.7. The summed E-state index contributed by atoms with van der Waals surface area (Å²) >= 11 is 8.12. The lowest BCUT2D eigenvalue weighted by molar-refractivity contribution is 0.137. The molecule has 158 valence electrons. The number of rotatable bonds is 6. The van der Waals surface area contributed by atoms with Crippen molar-refractivity contribution in [3.05, 3.63) is 36.7 Å². The van der Waals surface area contributed by atoms with Crippen LogP contribution < -0.4 is 15.2 Å². The SMILES string of the molecule is C=CCBr.COC(=S)CC[C@H]1CN(c2ccc(N3C=NNCC3)c(F)c2)C(=O)O1. The van der Waals surface area contributed by atoms with Crippen LogP contribution in [0.2, 0.25) is 0 Å². The van der Waals surface area contributed by atoms with Crippen LogP contribution >= 0.6 is 28.1 Å². The molecule has 0 unspecified atom stereocenters. The van der Waals surface area contributed by atoms with Crippen LogP contribution in [0.1, 0.15) is 12.8 Å². The Labute approximate surface area is 183 Å². The van der Waals surface area contributed by atoms with E-state index in [1.165, 1.54) is 18.1 Å². The van der Waals surface area contributed by atoms with Gasteiger partial charge in [-0.15, -0.1) is 6.58 Å². The molecule has 1 fully saturated rings. The van der Waals surface area contributed by atoms with Gasteiger partial charge < -0.3 is 19.8 Å². The summed E-state index contributed by atoms with van der Waals surface area (Å²) in [6, 6.07) is 4.69. The molecule has 1 aromatic rings. The van der Waals surface area contributed by atoms with Gasteiger partial charge in [0, 0.05) is 18.3 Å². The first-order chi connectivity index (χ1) is 14.0. The number of hydrogen-bond donors (Lipinski definition) is 1. The maximum absolute atomic E-state index is 14.5. The molecule has 1 saturated heterocycles. The number of alkyl halides is 1. The van der Waals surface area contributed by atoms with Gasteiger partial charge in [0.05, 0.1) is 31.6 Å². The number of hydrazone groups is 1. The Bertz CT molecular complexity index is 765. The smallest absolute Gasteiger partial charge is 0.414 e. The molecule has 0 bridgehead atoms. The van der Waals surface area contributed by atoms with Crippen LogP contribution in [0.25, 0.3) is 0 Å². The van der Waals surface area contributed by atoms with E-state index in [0.29, 0.717) is 48.9 Å². The molecule has 2 aliphatic heterocycles. The van der Waals surface area contributed by atoms with E-state index in [1.54, 1.807) is 29.4 Å². The van der Waals surface area contributed by atoms with E-state index >= 15 is 0 Å². The lowest BCUT2D eigenvalue weighted by Crippen LogP contribution is -2.35. The molecule has 10 heteroatoms. The van der Waals surface area contributed by atoms with Crippen molar-refractivity contribution >= 4 is 57.0 Å². The fourth-order valence-corrected chi connectivity index (χ4v) is 2.86. The molecular formula is C19H24BrFN4O3S. The second-order valence-corrected chi connectivity index (χ2v) is 7.26. The molecule has 3 rings (SSSR count). The fraction of sp³-hybridized carbons (Fsp3) is 0.421. The molecule has 29 heavy (non-hydrogen) atoms. The first-order valence-corrected chi connectivity index (χ1v) is 10.6. The van der Waals surface area contributed by atoms with Gasteiger partial charge in [-0.2, -0.15) is 5.10 Å². The molecule has 2 heterocycles. The number of thiocarbonyl (C=S) groups is 1. The minimum atomic E-state index is -0.482. The Hall–Kier alpha value is -2.20. The largest absolute Gasteiger partial charge is 0.490 e. The second-order valence-electron chi connectivity index (χ2n) is 6.16.